The fraction of sp³-hybridized carbons (Fsp3) is 0.227. The third-order valence-corrected chi connectivity index (χ3v) is 4.98. The van der Waals surface area contributed by atoms with Crippen LogP contribution in [0.25, 0.3) is 12.2 Å². The Bertz CT molecular complexity index is 1020. The average Bonchev–Trinajstić information content (AvgIpc) is 3.12. The van der Waals surface area contributed by atoms with E-state index in [1.165, 1.54) is 21.6 Å². The van der Waals surface area contributed by atoms with Crippen molar-refractivity contribution in [1.29, 1.82) is 0 Å². The lowest BCUT2D eigenvalue weighted by molar-refractivity contribution is 0.414. The van der Waals surface area contributed by atoms with Crippen molar-refractivity contribution < 1.29 is 4.74 Å². The fourth-order valence-electron chi connectivity index (χ4n) is 3.59. The number of nitrogens with two attached hydrogens (primary N) is 1. The third kappa shape index (κ3) is 3.36. The van der Waals surface area contributed by atoms with Gasteiger partial charge in [0.25, 0.3) is 0 Å². The minimum atomic E-state index is 0.139. The summed E-state index contributed by atoms with van der Waals surface area (Å²) in [6.07, 6.45) is 9.67. The number of aromatic amines is 1. The van der Waals surface area contributed by atoms with Gasteiger partial charge in [0.1, 0.15) is 5.75 Å². The first-order chi connectivity index (χ1) is 12.7. The topological polar surface area (TPSA) is 63.9 Å². The molecule has 0 fully saturated rings. The first-order valence-electron chi connectivity index (χ1n) is 8.97. The van der Waals surface area contributed by atoms with Crippen molar-refractivity contribution in [3.05, 3.63) is 75.9 Å². The molecule has 0 aliphatic heterocycles. The number of H-pyrrole nitrogens is 1. The van der Waals surface area contributed by atoms with E-state index in [-0.39, 0.29) is 5.92 Å². The number of hydrogen-bond donors (Lipinski definition) is 2. The van der Waals surface area contributed by atoms with Gasteiger partial charge in [-0.1, -0.05) is 42.5 Å². The van der Waals surface area contributed by atoms with Crippen molar-refractivity contribution in [3.8, 4) is 5.75 Å². The van der Waals surface area contributed by atoms with Crippen molar-refractivity contribution in [1.82, 2.24) is 9.97 Å². The van der Waals surface area contributed by atoms with E-state index in [2.05, 4.69) is 52.5 Å². The van der Waals surface area contributed by atoms with Gasteiger partial charge in [0.15, 0.2) is 5.95 Å². The lowest BCUT2D eigenvalue weighted by Gasteiger charge is -2.16. The number of hydrogen-bond acceptors (Lipinski definition) is 3. The largest absolute Gasteiger partial charge is 0.497 e. The summed E-state index contributed by atoms with van der Waals surface area (Å²) in [4.78, 5) is 7.50. The smallest absolute Gasteiger partial charge is 0.197 e. The zero-order valence-electron chi connectivity index (χ0n) is 14.9. The zero-order chi connectivity index (χ0) is 17.9. The molecule has 0 amide bonds. The molecule has 132 valence electrons. The Morgan fingerprint density at radius 3 is 2.54 bits per heavy atom. The van der Waals surface area contributed by atoms with Gasteiger partial charge in [-0.25, -0.2) is 4.98 Å². The molecule has 1 aliphatic carbocycles. The number of benzene rings is 2. The van der Waals surface area contributed by atoms with E-state index in [1.54, 1.807) is 7.11 Å². The maximum absolute atomic E-state index is 5.83. The summed E-state index contributed by atoms with van der Waals surface area (Å²) in [5.41, 5.74) is 9.29. The molecule has 1 heterocycles. The van der Waals surface area contributed by atoms with Gasteiger partial charge in [-0.3, -0.25) is 0 Å². The number of nitrogens with one attached hydrogen (secondary N) is 1. The van der Waals surface area contributed by atoms with Gasteiger partial charge in [-0.2, -0.15) is 0 Å². The number of imidazole rings is 1. The predicted octanol–water partition coefficient (Wildman–Crippen LogP) is 2.73. The SMILES string of the molecule is COc1ccc(C(Cc2ccc3c(c2)=CCCC=3)c2c[nH]c(N)n2)cc1. The summed E-state index contributed by atoms with van der Waals surface area (Å²) >= 11 is 0. The Kier molecular flexibility index (Phi) is 4.48. The number of rotatable bonds is 5. The second-order valence-corrected chi connectivity index (χ2v) is 6.69. The number of fused-ring (bicyclic) bond motifs is 1. The highest BCUT2D eigenvalue weighted by atomic mass is 16.5. The van der Waals surface area contributed by atoms with E-state index < -0.39 is 0 Å². The van der Waals surface area contributed by atoms with E-state index in [0.717, 1.165) is 30.7 Å². The van der Waals surface area contributed by atoms with Crippen LogP contribution >= 0.6 is 0 Å². The molecule has 3 N–H and O–H groups in total. The predicted molar refractivity (Wildman–Crippen MR) is 105 cm³/mol. The van der Waals surface area contributed by atoms with E-state index in [9.17, 15) is 0 Å². The number of nitrogens with zero attached hydrogens (tertiary/aromatic N) is 1. The molecule has 4 heteroatoms. The van der Waals surface area contributed by atoms with Crippen LogP contribution in [0.2, 0.25) is 0 Å². The van der Waals surface area contributed by atoms with E-state index in [0.29, 0.717) is 5.95 Å². The number of anilines is 1. The lowest BCUT2D eigenvalue weighted by Crippen LogP contribution is -2.27. The zero-order valence-corrected chi connectivity index (χ0v) is 14.9. The van der Waals surface area contributed by atoms with Gasteiger partial charge in [0, 0.05) is 12.1 Å². The van der Waals surface area contributed by atoms with Crippen LogP contribution in [-0.4, -0.2) is 17.1 Å². The highest BCUT2D eigenvalue weighted by Gasteiger charge is 2.18. The minimum Gasteiger partial charge on any atom is -0.497 e. The monoisotopic (exact) mass is 345 g/mol. The van der Waals surface area contributed by atoms with E-state index in [1.807, 2.05) is 18.3 Å². The molecule has 4 rings (SSSR count). The molecule has 1 aliphatic rings. The number of methoxy groups -OCH3 is 1. The lowest BCUT2D eigenvalue weighted by atomic mass is 9.89. The van der Waals surface area contributed by atoms with Gasteiger partial charge in [-0.15, -0.1) is 0 Å². The molecule has 0 bridgehead atoms. The third-order valence-electron chi connectivity index (χ3n) is 4.98. The van der Waals surface area contributed by atoms with Crippen molar-refractivity contribution in [2.24, 2.45) is 0 Å². The molecule has 0 spiro atoms. The Hall–Kier alpha value is -3.01. The molecule has 1 atom stereocenters. The molecule has 1 unspecified atom stereocenters. The molecule has 2 aromatic carbocycles. The Balaban J connectivity index is 1.71. The van der Waals surface area contributed by atoms with Crippen molar-refractivity contribution in [2.45, 2.75) is 25.2 Å². The summed E-state index contributed by atoms with van der Waals surface area (Å²) in [6, 6.07) is 14.9. The summed E-state index contributed by atoms with van der Waals surface area (Å²) in [5.74, 6) is 1.44. The van der Waals surface area contributed by atoms with Crippen molar-refractivity contribution in [3.63, 3.8) is 0 Å². The van der Waals surface area contributed by atoms with Gasteiger partial charge < -0.3 is 15.5 Å². The quantitative estimate of drug-likeness (QED) is 0.747. The van der Waals surface area contributed by atoms with Gasteiger partial charge in [-0.05, 0) is 53.0 Å². The highest BCUT2D eigenvalue weighted by molar-refractivity contribution is 5.41. The first kappa shape index (κ1) is 16.5. The van der Waals surface area contributed by atoms with Crippen LogP contribution in [0.1, 0.15) is 35.6 Å². The fourth-order valence-corrected chi connectivity index (χ4v) is 3.59. The van der Waals surface area contributed by atoms with Crippen LogP contribution in [0.3, 0.4) is 0 Å². The van der Waals surface area contributed by atoms with Crippen LogP contribution < -0.4 is 20.9 Å². The molecular formula is C22H23N3O. The van der Waals surface area contributed by atoms with Gasteiger partial charge in [0.2, 0.25) is 0 Å². The number of nitrogen functional groups attached to an aromatic ring is 1. The molecular weight excluding hydrogens is 322 g/mol. The van der Waals surface area contributed by atoms with Crippen LogP contribution in [0.5, 0.6) is 5.75 Å². The highest BCUT2D eigenvalue weighted by Crippen LogP contribution is 2.28. The molecule has 4 nitrogen and oxygen atoms in total. The standard InChI is InChI=1S/C22H23N3O/c1-26-19-10-8-17(9-11-19)20(21-14-24-22(23)25-21)13-15-6-7-16-4-2-3-5-18(16)12-15/h4-12,14,20H,2-3,13H2,1H3,(H3,23,24,25). The van der Waals surface area contributed by atoms with E-state index in [4.69, 9.17) is 10.5 Å². The average molecular weight is 345 g/mol. The normalized spacial score (nSPS) is 14.0. The van der Waals surface area contributed by atoms with Crippen LogP contribution in [0, 0.1) is 0 Å². The molecule has 0 saturated carbocycles. The summed E-state index contributed by atoms with van der Waals surface area (Å²) in [6.45, 7) is 0. The molecule has 0 saturated heterocycles. The Morgan fingerprint density at radius 2 is 1.85 bits per heavy atom. The molecule has 0 radical (unpaired) electrons. The summed E-state index contributed by atoms with van der Waals surface area (Å²) < 4.78 is 5.29. The van der Waals surface area contributed by atoms with Crippen molar-refractivity contribution >= 4 is 18.1 Å². The Labute approximate surface area is 153 Å². The van der Waals surface area contributed by atoms with Crippen molar-refractivity contribution in [2.75, 3.05) is 12.8 Å². The maximum atomic E-state index is 5.83. The van der Waals surface area contributed by atoms with E-state index >= 15 is 0 Å². The summed E-state index contributed by atoms with van der Waals surface area (Å²) in [5, 5.41) is 2.67. The Morgan fingerprint density at radius 1 is 1.08 bits per heavy atom. The number of aromatic nitrogens is 2. The maximum Gasteiger partial charge on any atom is 0.197 e. The minimum absolute atomic E-state index is 0.139. The molecule has 26 heavy (non-hydrogen) atoms. The second-order valence-electron chi connectivity index (χ2n) is 6.69. The molecule has 3 aromatic rings. The molecule has 1 aromatic heterocycles. The second kappa shape index (κ2) is 7.08. The van der Waals surface area contributed by atoms with Gasteiger partial charge >= 0.3 is 0 Å². The van der Waals surface area contributed by atoms with Crippen LogP contribution in [0.4, 0.5) is 5.95 Å². The van der Waals surface area contributed by atoms with Crippen LogP contribution in [0.15, 0.2) is 48.7 Å². The first-order valence-corrected chi connectivity index (χ1v) is 8.97. The van der Waals surface area contributed by atoms with Gasteiger partial charge in [0.05, 0.1) is 12.8 Å². The summed E-state index contributed by atoms with van der Waals surface area (Å²) in [7, 11) is 1.68. The van der Waals surface area contributed by atoms with Crippen LogP contribution in [-0.2, 0) is 6.42 Å². The number of ether oxygens (including phenoxy) is 1.